The first kappa shape index (κ1) is 25.0. The molecule has 3 heterocycles. The zero-order valence-electron chi connectivity index (χ0n) is 20.8. The summed E-state index contributed by atoms with van der Waals surface area (Å²) in [5, 5.41) is 19.7. The summed E-state index contributed by atoms with van der Waals surface area (Å²) in [5.41, 5.74) is 12.0. The van der Waals surface area contributed by atoms with Crippen LogP contribution >= 0.6 is 0 Å². The first-order valence-electron chi connectivity index (χ1n) is 12.0. The highest BCUT2D eigenvalue weighted by atomic mass is 16.6. The molecule has 13 nitrogen and oxygen atoms in total. The first-order chi connectivity index (χ1) is 18.6. The average Bonchev–Trinajstić information content (AvgIpc) is 3.54. The molecular weight excluding hydrogens is 490 g/mol. The molecular formula is C25H27N9O4. The summed E-state index contributed by atoms with van der Waals surface area (Å²) in [6, 6.07) is 15.6. The van der Waals surface area contributed by atoms with Crippen molar-refractivity contribution in [2.24, 2.45) is 5.10 Å². The van der Waals surface area contributed by atoms with E-state index in [1.807, 2.05) is 49.4 Å². The molecule has 0 aliphatic carbocycles. The number of morpholine rings is 1. The Bertz CT molecular complexity index is 1410. The van der Waals surface area contributed by atoms with Gasteiger partial charge in [-0.3, -0.25) is 9.69 Å². The Hall–Kier alpha value is -4.62. The van der Waals surface area contributed by atoms with Gasteiger partial charge in [0.25, 0.3) is 5.91 Å². The first-order valence-corrected chi connectivity index (χ1v) is 12.0. The lowest BCUT2D eigenvalue weighted by atomic mass is 10.1. The van der Waals surface area contributed by atoms with E-state index < -0.39 is 5.91 Å². The third-order valence-corrected chi connectivity index (χ3v) is 5.88. The van der Waals surface area contributed by atoms with Crippen molar-refractivity contribution in [3.05, 3.63) is 76.6 Å². The maximum absolute atomic E-state index is 13.2. The van der Waals surface area contributed by atoms with Gasteiger partial charge >= 0.3 is 0 Å². The van der Waals surface area contributed by atoms with E-state index in [0.29, 0.717) is 45.1 Å². The Morgan fingerprint density at radius 1 is 1.18 bits per heavy atom. The Morgan fingerprint density at radius 3 is 2.74 bits per heavy atom. The zero-order valence-corrected chi connectivity index (χ0v) is 20.8. The Balaban J connectivity index is 1.25. The van der Waals surface area contributed by atoms with E-state index >= 15 is 0 Å². The van der Waals surface area contributed by atoms with Crippen molar-refractivity contribution in [2.75, 3.05) is 32.0 Å². The van der Waals surface area contributed by atoms with E-state index in [4.69, 9.17) is 15.2 Å². The normalized spacial score (nSPS) is 14.1. The predicted octanol–water partition coefficient (Wildman–Crippen LogP) is 1.72. The van der Waals surface area contributed by atoms with Gasteiger partial charge in [-0.05, 0) is 52.6 Å². The van der Waals surface area contributed by atoms with Crippen molar-refractivity contribution in [1.82, 2.24) is 35.6 Å². The van der Waals surface area contributed by atoms with E-state index in [-0.39, 0.29) is 17.3 Å². The van der Waals surface area contributed by atoms with Gasteiger partial charge in [0.15, 0.2) is 5.69 Å². The molecule has 13 heteroatoms. The van der Waals surface area contributed by atoms with Gasteiger partial charge in [-0.25, -0.2) is 10.1 Å². The quantitative estimate of drug-likeness (QED) is 0.247. The molecule has 4 aromatic rings. The predicted molar refractivity (Wildman–Crippen MR) is 137 cm³/mol. The fourth-order valence-corrected chi connectivity index (χ4v) is 3.94. The molecule has 196 valence electrons. The number of carbonyl (C=O) groups is 1. The number of hydrogen-bond donors (Lipinski definition) is 2. The number of anilines is 1. The van der Waals surface area contributed by atoms with Crippen LogP contribution in [0.3, 0.4) is 0 Å². The third-order valence-electron chi connectivity index (χ3n) is 5.88. The lowest BCUT2D eigenvalue weighted by molar-refractivity contribution is 0.0335. The van der Waals surface area contributed by atoms with Crippen LogP contribution in [-0.2, 0) is 17.9 Å². The largest absolute Gasteiger partial charge is 0.489 e. The second kappa shape index (κ2) is 11.6. The molecule has 1 aliphatic rings. The molecule has 2 aromatic heterocycles. The number of nitrogens with two attached hydrogens (primary N) is 1. The highest BCUT2D eigenvalue weighted by Gasteiger charge is 2.26. The number of carbonyl (C=O) groups excluding carboxylic acids is 1. The van der Waals surface area contributed by atoms with Crippen LogP contribution in [0.15, 0.2) is 58.3 Å². The van der Waals surface area contributed by atoms with E-state index in [1.54, 1.807) is 0 Å². The number of hydrogen-bond acceptors (Lipinski definition) is 11. The number of rotatable bonds is 9. The summed E-state index contributed by atoms with van der Waals surface area (Å²) in [6.07, 6.45) is 1.53. The number of nitrogen functional groups attached to an aromatic ring is 1. The fourth-order valence-electron chi connectivity index (χ4n) is 3.94. The monoisotopic (exact) mass is 517 g/mol. The third kappa shape index (κ3) is 6.02. The summed E-state index contributed by atoms with van der Waals surface area (Å²) in [7, 11) is 0. The second-order valence-electron chi connectivity index (χ2n) is 8.70. The van der Waals surface area contributed by atoms with Gasteiger partial charge in [0, 0.05) is 19.6 Å². The molecule has 38 heavy (non-hydrogen) atoms. The van der Waals surface area contributed by atoms with Crippen molar-refractivity contribution >= 4 is 17.9 Å². The van der Waals surface area contributed by atoms with Crippen molar-refractivity contribution < 1.29 is 18.9 Å². The molecule has 1 fully saturated rings. The van der Waals surface area contributed by atoms with Crippen LogP contribution in [0.5, 0.6) is 5.75 Å². The van der Waals surface area contributed by atoms with Gasteiger partial charge < -0.3 is 15.2 Å². The zero-order chi connectivity index (χ0) is 26.3. The summed E-state index contributed by atoms with van der Waals surface area (Å²) < 4.78 is 17.1. The molecule has 1 aliphatic heterocycles. The van der Waals surface area contributed by atoms with Crippen molar-refractivity contribution in [3.8, 4) is 11.6 Å². The Kier molecular flexibility index (Phi) is 7.66. The molecule has 0 saturated carbocycles. The number of aromatic nitrogens is 5. The van der Waals surface area contributed by atoms with Crippen LogP contribution in [0.2, 0.25) is 0 Å². The summed E-state index contributed by atoms with van der Waals surface area (Å²) in [5.74, 6) is 0.250. The molecule has 0 radical (unpaired) electrons. The van der Waals surface area contributed by atoms with Gasteiger partial charge in [-0.1, -0.05) is 35.0 Å². The Labute approximate surface area is 218 Å². The van der Waals surface area contributed by atoms with Gasteiger partial charge in [0.2, 0.25) is 11.6 Å². The summed E-state index contributed by atoms with van der Waals surface area (Å²) in [6.45, 7) is 5.56. The minimum Gasteiger partial charge on any atom is -0.489 e. The number of nitrogens with zero attached hydrogens (tertiary/aromatic N) is 7. The Morgan fingerprint density at radius 2 is 2.00 bits per heavy atom. The molecule has 0 bridgehead atoms. The average molecular weight is 518 g/mol. The maximum atomic E-state index is 13.2. The molecule has 2 aromatic carbocycles. The van der Waals surface area contributed by atoms with Crippen LogP contribution in [0.1, 0.15) is 32.9 Å². The fraction of sp³-hybridized carbons (Fsp3) is 0.280. The smallest absolute Gasteiger partial charge is 0.292 e. The van der Waals surface area contributed by atoms with Crippen LogP contribution in [0.4, 0.5) is 5.82 Å². The number of aryl methyl sites for hydroxylation is 1. The van der Waals surface area contributed by atoms with Gasteiger partial charge in [-0.15, -0.1) is 5.10 Å². The van der Waals surface area contributed by atoms with Crippen LogP contribution < -0.4 is 15.9 Å². The molecule has 3 N–H and O–H groups in total. The van der Waals surface area contributed by atoms with Crippen LogP contribution in [-0.4, -0.2) is 68.6 Å². The second-order valence-corrected chi connectivity index (χ2v) is 8.70. The summed E-state index contributed by atoms with van der Waals surface area (Å²) >= 11 is 0. The lowest BCUT2D eigenvalue weighted by Gasteiger charge is -2.25. The number of nitrogens with one attached hydrogen (secondary N) is 1. The summed E-state index contributed by atoms with van der Waals surface area (Å²) in [4.78, 5) is 15.3. The molecule has 5 rings (SSSR count). The van der Waals surface area contributed by atoms with Gasteiger partial charge in [0.1, 0.15) is 18.1 Å². The van der Waals surface area contributed by atoms with Gasteiger partial charge in [0.05, 0.1) is 19.4 Å². The van der Waals surface area contributed by atoms with E-state index in [9.17, 15) is 4.79 Å². The van der Waals surface area contributed by atoms with Crippen molar-refractivity contribution in [2.45, 2.75) is 20.1 Å². The molecule has 0 unspecified atom stereocenters. The number of ether oxygens (including phenoxy) is 2. The van der Waals surface area contributed by atoms with Gasteiger partial charge in [-0.2, -0.15) is 9.78 Å². The standard InChI is InChI=1S/C25H27N9O4/c1-17-3-2-4-19(13-17)16-37-20-7-5-18(6-8-20)14-27-29-25(35)22-21(15-33-9-11-36-12-10-33)28-32-34(22)24-23(26)30-38-31-24/h2-8,13-14H,9-12,15-16H2,1H3,(H2,26,30)(H,29,35)/b27-14+. The minimum absolute atomic E-state index is 0.0184. The highest BCUT2D eigenvalue weighted by molar-refractivity contribution is 5.95. The van der Waals surface area contributed by atoms with Crippen LogP contribution in [0, 0.1) is 6.92 Å². The molecule has 0 atom stereocenters. The molecule has 0 spiro atoms. The van der Waals surface area contributed by atoms with Crippen molar-refractivity contribution in [1.29, 1.82) is 0 Å². The van der Waals surface area contributed by atoms with Crippen LogP contribution in [0.25, 0.3) is 5.82 Å². The number of hydrazone groups is 1. The maximum Gasteiger partial charge on any atom is 0.292 e. The SMILES string of the molecule is Cc1cccc(COc2ccc(/C=N/NC(=O)c3c(CN4CCOCC4)nnn3-c3nonc3N)cc2)c1. The van der Waals surface area contributed by atoms with E-state index in [1.165, 1.54) is 16.5 Å². The molecule has 1 saturated heterocycles. The molecule has 1 amide bonds. The van der Waals surface area contributed by atoms with E-state index in [2.05, 4.69) is 46.7 Å². The van der Waals surface area contributed by atoms with E-state index in [0.717, 1.165) is 16.9 Å². The van der Waals surface area contributed by atoms with Crippen molar-refractivity contribution in [3.63, 3.8) is 0 Å². The highest BCUT2D eigenvalue weighted by Crippen LogP contribution is 2.18. The number of amides is 1. The lowest BCUT2D eigenvalue weighted by Crippen LogP contribution is -2.36. The topological polar surface area (TPSA) is 159 Å². The number of benzene rings is 2. The minimum atomic E-state index is -0.532.